The maximum Gasteiger partial charge on any atom is 0.322 e. The highest BCUT2D eigenvalue weighted by molar-refractivity contribution is 8.00. The fourth-order valence-electron chi connectivity index (χ4n) is 1.73. The van der Waals surface area contributed by atoms with Gasteiger partial charge in [0.1, 0.15) is 10.5 Å². The molecule has 1 aromatic rings. The van der Waals surface area contributed by atoms with Gasteiger partial charge in [-0.1, -0.05) is 12.1 Å². The summed E-state index contributed by atoms with van der Waals surface area (Å²) >= 11 is 1.69. The lowest BCUT2D eigenvalue weighted by atomic mass is 10.2. The summed E-state index contributed by atoms with van der Waals surface area (Å²) in [6, 6.07) is 7.96. The Hall–Kier alpha value is -1.16. The average Bonchev–Trinajstić information content (AvgIpc) is 3.18. The SMILES string of the molecule is CCOC(=O)C1(SCc2ccc(OC)cc2)CC1. The highest BCUT2D eigenvalue weighted by atomic mass is 32.2. The van der Waals surface area contributed by atoms with Crippen LogP contribution >= 0.6 is 11.8 Å². The van der Waals surface area contributed by atoms with Crippen LogP contribution in [0, 0.1) is 0 Å². The number of hydrogen-bond donors (Lipinski definition) is 0. The van der Waals surface area contributed by atoms with Crippen molar-refractivity contribution in [3.8, 4) is 5.75 Å². The van der Waals surface area contributed by atoms with E-state index < -0.39 is 0 Å². The summed E-state index contributed by atoms with van der Waals surface area (Å²) in [5.41, 5.74) is 1.20. The third-order valence-corrected chi connectivity index (χ3v) is 4.63. The van der Waals surface area contributed by atoms with Gasteiger partial charge in [0.05, 0.1) is 13.7 Å². The second-order valence-corrected chi connectivity index (χ2v) is 5.71. The highest BCUT2D eigenvalue weighted by Crippen LogP contribution is 2.50. The van der Waals surface area contributed by atoms with Gasteiger partial charge in [0.2, 0.25) is 0 Å². The lowest BCUT2D eigenvalue weighted by Crippen LogP contribution is -2.21. The zero-order valence-electron chi connectivity index (χ0n) is 10.8. The van der Waals surface area contributed by atoms with Crippen LogP contribution < -0.4 is 4.74 Å². The van der Waals surface area contributed by atoms with Gasteiger partial charge in [-0.2, -0.15) is 0 Å². The fourth-order valence-corrected chi connectivity index (χ4v) is 2.93. The summed E-state index contributed by atoms with van der Waals surface area (Å²) < 4.78 is 9.96. The average molecular weight is 266 g/mol. The molecule has 0 N–H and O–H groups in total. The van der Waals surface area contributed by atoms with Gasteiger partial charge < -0.3 is 9.47 Å². The van der Waals surface area contributed by atoms with E-state index in [9.17, 15) is 4.79 Å². The molecule has 1 fully saturated rings. The Kier molecular flexibility index (Phi) is 4.17. The molecule has 4 heteroatoms. The van der Waals surface area contributed by atoms with E-state index in [4.69, 9.17) is 9.47 Å². The zero-order chi connectivity index (χ0) is 13.0. The summed E-state index contributed by atoms with van der Waals surface area (Å²) in [7, 11) is 1.66. The van der Waals surface area contributed by atoms with Crippen molar-refractivity contribution in [2.75, 3.05) is 13.7 Å². The predicted octanol–water partition coefficient (Wildman–Crippen LogP) is 3.02. The number of hydrogen-bond acceptors (Lipinski definition) is 4. The summed E-state index contributed by atoms with van der Waals surface area (Å²) in [6.07, 6.45) is 1.87. The third kappa shape index (κ3) is 2.99. The largest absolute Gasteiger partial charge is 0.497 e. The first-order chi connectivity index (χ1) is 8.70. The van der Waals surface area contributed by atoms with E-state index in [1.165, 1.54) is 5.56 Å². The van der Waals surface area contributed by atoms with E-state index in [-0.39, 0.29) is 10.7 Å². The molecule has 0 spiro atoms. The molecule has 1 aliphatic carbocycles. The molecule has 2 rings (SSSR count). The molecule has 0 bridgehead atoms. The van der Waals surface area contributed by atoms with Crippen LogP contribution in [-0.2, 0) is 15.3 Å². The molecular weight excluding hydrogens is 248 g/mol. The van der Waals surface area contributed by atoms with Gasteiger partial charge in [-0.25, -0.2) is 0 Å². The van der Waals surface area contributed by atoms with Crippen molar-refractivity contribution in [3.05, 3.63) is 29.8 Å². The maximum atomic E-state index is 11.8. The Morgan fingerprint density at radius 3 is 2.50 bits per heavy atom. The predicted molar refractivity (Wildman–Crippen MR) is 72.9 cm³/mol. The van der Waals surface area contributed by atoms with Crippen LogP contribution in [0.15, 0.2) is 24.3 Å². The smallest absolute Gasteiger partial charge is 0.322 e. The topological polar surface area (TPSA) is 35.5 Å². The van der Waals surface area contributed by atoms with Crippen molar-refractivity contribution < 1.29 is 14.3 Å². The van der Waals surface area contributed by atoms with Crippen molar-refractivity contribution >= 4 is 17.7 Å². The van der Waals surface area contributed by atoms with E-state index in [1.54, 1.807) is 18.9 Å². The van der Waals surface area contributed by atoms with Gasteiger partial charge in [0, 0.05) is 5.75 Å². The number of carbonyl (C=O) groups is 1. The van der Waals surface area contributed by atoms with Crippen molar-refractivity contribution in [2.24, 2.45) is 0 Å². The fraction of sp³-hybridized carbons (Fsp3) is 0.500. The molecule has 3 nitrogen and oxygen atoms in total. The lowest BCUT2D eigenvalue weighted by Gasteiger charge is -2.13. The second-order valence-electron chi connectivity index (χ2n) is 4.35. The Labute approximate surface area is 112 Å². The van der Waals surface area contributed by atoms with Crippen molar-refractivity contribution in [2.45, 2.75) is 30.3 Å². The minimum absolute atomic E-state index is 0.0523. The van der Waals surface area contributed by atoms with Gasteiger partial charge in [0.25, 0.3) is 0 Å². The number of esters is 1. The summed E-state index contributed by atoms with van der Waals surface area (Å²) in [5.74, 6) is 1.64. The van der Waals surface area contributed by atoms with Crippen LogP contribution in [0.5, 0.6) is 5.75 Å². The van der Waals surface area contributed by atoms with Crippen LogP contribution in [0.1, 0.15) is 25.3 Å². The maximum absolute atomic E-state index is 11.8. The Morgan fingerprint density at radius 2 is 2.00 bits per heavy atom. The van der Waals surface area contributed by atoms with Crippen molar-refractivity contribution in [3.63, 3.8) is 0 Å². The third-order valence-electron chi connectivity index (χ3n) is 3.03. The lowest BCUT2D eigenvalue weighted by molar-refractivity contribution is -0.143. The number of ether oxygens (including phenoxy) is 2. The molecule has 0 saturated heterocycles. The second kappa shape index (κ2) is 5.65. The summed E-state index contributed by atoms with van der Waals surface area (Å²) in [6.45, 7) is 2.31. The van der Waals surface area contributed by atoms with Crippen molar-refractivity contribution in [1.82, 2.24) is 0 Å². The monoisotopic (exact) mass is 266 g/mol. The van der Waals surface area contributed by atoms with Crippen LogP contribution in [-0.4, -0.2) is 24.4 Å². The molecule has 0 amide bonds. The van der Waals surface area contributed by atoms with Gasteiger partial charge >= 0.3 is 5.97 Å². The number of benzene rings is 1. The Balaban J connectivity index is 1.89. The van der Waals surface area contributed by atoms with Crippen LogP contribution in [0.3, 0.4) is 0 Å². The van der Waals surface area contributed by atoms with Gasteiger partial charge in [-0.3, -0.25) is 4.79 Å². The molecule has 0 aromatic heterocycles. The Bertz CT molecular complexity index is 410. The van der Waals surface area contributed by atoms with E-state index in [0.717, 1.165) is 24.3 Å². The summed E-state index contributed by atoms with van der Waals surface area (Å²) in [5, 5.41) is 0. The summed E-state index contributed by atoms with van der Waals surface area (Å²) in [4.78, 5) is 11.8. The minimum Gasteiger partial charge on any atom is -0.497 e. The number of carbonyl (C=O) groups excluding carboxylic acids is 1. The molecule has 0 atom stereocenters. The molecule has 1 aromatic carbocycles. The van der Waals surface area contributed by atoms with Gasteiger partial charge in [-0.05, 0) is 37.5 Å². The molecule has 0 aliphatic heterocycles. The molecule has 1 saturated carbocycles. The number of rotatable bonds is 6. The molecule has 0 unspecified atom stereocenters. The normalized spacial score (nSPS) is 16.1. The zero-order valence-corrected chi connectivity index (χ0v) is 11.6. The molecule has 1 aliphatic rings. The van der Waals surface area contributed by atoms with Crippen molar-refractivity contribution in [1.29, 1.82) is 0 Å². The number of thioether (sulfide) groups is 1. The van der Waals surface area contributed by atoms with Crippen LogP contribution in [0.25, 0.3) is 0 Å². The van der Waals surface area contributed by atoms with Gasteiger partial charge in [-0.15, -0.1) is 11.8 Å². The molecule has 18 heavy (non-hydrogen) atoms. The molecule has 98 valence electrons. The van der Waals surface area contributed by atoms with Crippen LogP contribution in [0.4, 0.5) is 0 Å². The van der Waals surface area contributed by atoms with E-state index >= 15 is 0 Å². The van der Waals surface area contributed by atoms with Gasteiger partial charge in [0.15, 0.2) is 0 Å². The van der Waals surface area contributed by atoms with E-state index in [2.05, 4.69) is 0 Å². The first-order valence-corrected chi connectivity index (χ1v) is 7.13. The Morgan fingerprint density at radius 1 is 1.33 bits per heavy atom. The quantitative estimate of drug-likeness (QED) is 0.741. The minimum atomic E-state index is -0.268. The van der Waals surface area contributed by atoms with E-state index in [1.807, 2.05) is 31.2 Å². The first kappa shape index (κ1) is 13.3. The molecule has 0 heterocycles. The van der Waals surface area contributed by atoms with E-state index in [0.29, 0.717) is 6.61 Å². The molecular formula is C14H18O3S. The standard InChI is InChI=1S/C14H18O3S/c1-3-17-13(15)14(8-9-14)18-10-11-4-6-12(16-2)7-5-11/h4-7H,3,8-10H2,1-2H3. The first-order valence-electron chi connectivity index (χ1n) is 6.14. The highest BCUT2D eigenvalue weighted by Gasteiger charge is 2.51. The van der Waals surface area contributed by atoms with Crippen LogP contribution in [0.2, 0.25) is 0 Å². The number of methoxy groups -OCH3 is 1. The molecule has 0 radical (unpaired) electrons.